The summed E-state index contributed by atoms with van der Waals surface area (Å²) in [7, 11) is 0. The first-order chi connectivity index (χ1) is 8.79. The van der Waals surface area contributed by atoms with Crippen LogP contribution in [-0.4, -0.2) is 17.6 Å². The van der Waals surface area contributed by atoms with Crippen LogP contribution in [0.15, 0.2) is 36.0 Å². The Morgan fingerprint density at radius 1 is 1.39 bits per heavy atom. The van der Waals surface area contributed by atoms with Gasteiger partial charge in [-0.1, -0.05) is 0 Å². The fraction of sp³-hybridized carbons (Fsp3) is 0.231. The van der Waals surface area contributed by atoms with Gasteiger partial charge in [0.2, 0.25) is 0 Å². The Morgan fingerprint density at radius 3 is 2.78 bits per heavy atom. The first-order valence-corrected chi connectivity index (χ1v) is 6.56. The average molecular weight is 262 g/mol. The largest absolute Gasteiger partial charge is 0.462 e. The number of nitrogens with zero attached hydrogens (tertiary/aromatic N) is 1. The molecule has 0 aliphatic rings. The molecule has 18 heavy (non-hydrogen) atoms. The van der Waals surface area contributed by atoms with E-state index in [4.69, 9.17) is 4.74 Å². The lowest BCUT2D eigenvalue weighted by molar-refractivity contribution is 0.0526. The number of esters is 1. The molecule has 0 unspecified atom stereocenters. The lowest BCUT2D eigenvalue weighted by Gasteiger charge is -2.06. The molecule has 5 heteroatoms. The number of anilines is 1. The third kappa shape index (κ3) is 3.30. The van der Waals surface area contributed by atoms with Gasteiger partial charge >= 0.3 is 5.97 Å². The number of rotatable bonds is 5. The third-order valence-electron chi connectivity index (χ3n) is 2.35. The summed E-state index contributed by atoms with van der Waals surface area (Å²) in [6, 6.07) is 7.25. The van der Waals surface area contributed by atoms with Gasteiger partial charge in [-0.25, -0.2) is 4.79 Å². The monoisotopic (exact) mass is 262 g/mol. The van der Waals surface area contributed by atoms with Crippen molar-refractivity contribution in [3.8, 4) is 0 Å². The normalized spacial score (nSPS) is 10.1. The molecule has 0 spiro atoms. The molecule has 94 valence electrons. The Balaban J connectivity index is 1.93. The van der Waals surface area contributed by atoms with Crippen LogP contribution in [0.3, 0.4) is 0 Å². The van der Waals surface area contributed by atoms with Crippen molar-refractivity contribution in [1.29, 1.82) is 0 Å². The van der Waals surface area contributed by atoms with Gasteiger partial charge in [-0.2, -0.15) is 0 Å². The smallest absolute Gasteiger partial charge is 0.338 e. The van der Waals surface area contributed by atoms with Crippen molar-refractivity contribution in [2.45, 2.75) is 13.5 Å². The lowest BCUT2D eigenvalue weighted by atomic mass is 10.2. The molecular formula is C13H14N2O2S. The minimum Gasteiger partial charge on any atom is -0.462 e. The predicted molar refractivity (Wildman–Crippen MR) is 71.8 cm³/mol. The zero-order valence-corrected chi connectivity index (χ0v) is 10.9. The number of nitrogens with one attached hydrogen (secondary N) is 1. The Labute approximate surface area is 110 Å². The highest BCUT2D eigenvalue weighted by Crippen LogP contribution is 2.13. The molecule has 0 saturated carbocycles. The molecule has 1 N–H and O–H groups in total. The van der Waals surface area contributed by atoms with E-state index in [-0.39, 0.29) is 5.97 Å². The number of carbonyl (C=O) groups excluding carboxylic acids is 1. The molecule has 0 saturated heterocycles. The summed E-state index contributed by atoms with van der Waals surface area (Å²) in [6.45, 7) is 2.93. The fourth-order valence-corrected chi connectivity index (χ4v) is 1.99. The molecule has 1 aromatic heterocycles. The first kappa shape index (κ1) is 12.6. The van der Waals surface area contributed by atoms with E-state index in [0.29, 0.717) is 12.2 Å². The standard InChI is InChI=1S/C13H14N2O2S/c1-2-17-13(16)10-3-5-11(6-4-10)15-8-12-7-14-9-18-12/h3-7,9,15H,2,8H2,1H3. The van der Waals surface area contributed by atoms with Gasteiger partial charge in [-0.3, -0.25) is 4.98 Å². The average Bonchev–Trinajstić information content (AvgIpc) is 2.90. The predicted octanol–water partition coefficient (Wildman–Crippen LogP) is 2.93. The van der Waals surface area contributed by atoms with Gasteiger partial charge in [-0.05, 0) is 31.2 Å². The van der Waals surface area contributed by atoms with Crippen molar-refractivity contribution in [2.24, 2.45) is 0 Å². The van der Waals surface area contributed by atoms with E-state index < -0.39 is 0 Å². The maximum atomic E-state index is 11.5. The van der Waals surface area contributed by atoms with Crippen LogP contribution >= 0.6 is 11.3 Å². The van der Waals surface area contributed by atoms with Gasteiger partial charge < -0.3 is 10.1 Å². The zero-order chi connectivity index (χ0) is 12.8. The summed E-state index contributed by atoms with van der Waals surface area (Å²) >= 11 is 1.61. The van der Waals surface area contributed by atoms with E-state index in [1.165, 1.54) is 4.88 Å². The van der Waals surface area contributed by atoms with Crippen molar-refractivity contribution in [1.82, 2.24) is 4.98 Å². The Morgan fingerprint density at radius 2 is 2.17 bits per heavy atom. The highest BCUT2D eigenvalue weighted by molar-refractivity contribution is 7.09. The molecule has 0 aliphatic heterocycles. The second-order valence-corrected chi connectivity index (χ2v) is 4.59. The summed E-state index contributed by atoms with van der Waals surface area (Å²) in [5.74, 6) is -0.286. The Hall–Kier alpha value is -1.88. The van der Waals surface area contributed by atoms with Crippen LogP contribution in [0.1, 0.15) is 22.2 Å². The topological polar surface area (TPSA) is 51.2 Å². The van der Waals surface area contributed by atoms with E-state index >= 15 is 0 Å². The molecule has 1 heterocycles. The lowest BCUT2D eigenvalue weighted by Crippen LogP contribution is -2.04. The van der Waals surface area contributed by atoms with Gasteiger partial charge in [0.1, 0.15) is 0 Å². The van der Waals surface area contributed by atoms with Gasteiger partial charge in [0.05, 0.1) is 24.2 Å². The highest BCUT2D eigenvalue weighted by Gasteiger charge is 2.05. The highest BCUT2D eigenvalue weighted by atomic mass is 32.1. The summed E-state index contributed by atoms with van der Waals surface area (Å²) in [6.07, 6.45) is 1.84. The van der Waals surface area contributed by atoms with E-state index in [2.05, 4.69) is 10.3 Å². The summed E-state index contributed by atoms with van der Waals surface area (Å²) < 4.78 is 4.92. The molecule has 4 nitrogen and oxygen atoms in total. The number of ether oxygens (including phenoxy) is 1. The number of hydrogen-bond acceptors (Lipinski definition) is 5. The number of aromatic nitrogens is 1. The van der Waals surface area contributed by atoms with Crippen LogP contribution in [0, 0.1) is 0 Å². The van der Waals surface area contributed by atoms with Gasteiger partial charge in [0.25, 0.3) is 0 Å². The first-order valence-electron chi connectivity index (χ1n) is 5.68. The van der Waals surface area contributed by atoms with Crippen molar-refractivity contribution in [3.63, 3.8) is 0 Å². The molecular weight excluding hydrogens is 248 g/mol. The van der Waals surface area contributed by atoms with Crippen molar-refractivity contribution < 1.29 is 9.53 Å². The molecule has 2 aromatic rings. The minimum absolute atomic E-state index is 0.286. The van der Waals surface area contributed by atoms with Crippen LogP contribution in [0.2, 0.25) is 0 Å². The maximum Gasteiger partial charge on any atom is 0.338 e. The SMILES string of the molecule is CCOC(=O)c1ccc(NCc2cncs2)cc1. The Bertz CT molecular complexity index is 494. The number of benzene rings is 1. The van der Waals surface area contributed by atoms with E-state index in [9.17, 15) is 4.79 Å². The van der Waals surface area contributed by atoms with Crippen molar-refractivity contribution in [3.05, 3.63) is 46.4 Å². The molecule has 0 aliphatic carbocycles. The van der Waals surface area contributed by atoms with Crippen LogP contribution in [0.25, 0.3) is 0 Å². The molecule has 0 fully saturated rings. The van der Waals surface area contributed by atoms with Crippen LogP contribution in [0.4, 0.5) is 5.69 Å². The maximum absolute atomic E-state index is 11.5. The van der Waals surface area contributed by atoms with Crippen LogP contribution < -0.4 is 5.32 Å². The zero-order valence-electron chi connectivity index (χ0n) is 10.1. The molecule has 0 amide bonds. The third-order valence-corrected chi connectivity index (χ3v) is 3.13. The van der Waals surface area contributed by atoms with E-state index in [1.807, 2.05) is 18.3 Å². The van der Waals surface area contributed by atoms with E-state index in [1.54, 1.807) is 35.9 Å². The minimum atomic E-state index is -0.286. The summed E-state index contributed by atoms with van der Waals surface area (Å²) in [5.41, 5.74) is 3.34. The van der Waals surface area contributed by atoms with Crippen molar-refractivity contribution >= 4 is 23.0 Å². The van der Waals surface area contributed by atoms with E-state index in [0.717, 1.165) is 12.2 Å². The number of carbonyl (C=O) groups is 1. The number of hydrogen-bond donors (Lipinski definition) is 1. The van der Waals surface area contributed by atoms with Gasteiger partial charge in [-0.15, -0.1) is 11.3 Å². The van der Waals surface area contributed by atoms with Gasteiger partial charge in [0.15, 0.2) is 0 Å². The molecule has 0 radical (unpaired) electrons. The fourth-order valence-electron chi connectivity index (χ4n) is 1.46. The summed E-state index contributed by atoms with van der Waals surface area (Å²) in [4.78, 5) is 16.6. The van der Waals surface area contributed by atoms with Gasteiger partial charge in [0, 0.05) is 16.8 Å². The molecule has 1 aromatic carbocycles. The second-order valence-electron chi connectivity index (χ2n) is 3.62. The van der Waals surface area contributed by atoms with Crippen molar-refractivity contribution in [2.75, 3.05) is 11.9 Å². The molecule has 0 bridgehead atoms. The number of thiazole rings is 1. The molecule has 0 atom stereocenters. The van der Waals surface area contributed by atoms with Crippen LogP contribution in [-0.2, 0) is 11.3 Å². The van der Waals surface area contributed by atoms with Crippen LogP contribution in [0.5, 0.6) is 0 Å². The summed E-state index contributed by atoms with van der Waals surface area (Å²) in [5, 5.41) is 3.26. The Kier molecular flexibility index (Phi) is 4.30. The quantitative estimate of drug-likeness (QED) is 0.842. The second kappa shape index (κ2) is 6.16. The molecule has 2 rings (SSSR count).